The zero-order valence-electron chi connectivity index (χ0n) is 10.9. The molecule has 2 heterocycles. The first kappa shape index (κ1) is 11.8. The SMILES string of the molecule is CCC1CCCCN1C(=O)c1cc(C2CC2)on1. The van der Waals surface area contributed by atoms with Gasteiger partial charge in [-0.1, -0.05) is 12.1 Å². The molecule has 4 nitrogen and oxygen atoms in total. The van der Waals surface area contributed by atoms with E-state index >= 15 is 0 Å². The monoisotopic (exact) mass is 248 g/mol. The van der Waals surface area contributed by atoms with Crippen molar-refractivity contribution in [1.82, 2.24) is 10.1 Å². The van der Waals surface area contributed by atoms with Crippen molar-refractivity contribution in [3.8, 4) is 0 Å². The van der Waals surface area contributed by atoms with Crippen LogP contribution in [0.1, 0.15) is 67.6 Å². The third-order valence-electron chi connectivity index (χ3n) is 4.09. The smallest absolute Gasteiger partial charge is 0.276 e. The van der Waals surface area contributed by atoms with Gasteiger partial charge in [0.15, 0.2) is 5.69 Å². The van der Waals surface area contributed by atoms with Gasteiger partial charge in [0, 0.05) is 24.6 Å². The first-order chi connectivity index (χ1) is 8.79. The second-order valence-corrected chi connectivity index (χ2v) is 5.45. The summed E-state index contributed by atoms with van der Waals surface area (Å²) in [6.07, 6.45) is 6.83. The molecule has 98 valence electrons. The Labute approximate surface area is 107 Å². The number of rotatable bonds is 3. The summed E-state index contributed by atoms with van der Waals surface area (Å²) in [5.41, 5.74) is 0.497. The Hall–Kier alpha value is -1.32. The first-order valence-electron chi connectivity index (χ1n) is 7.07. The fourth-order valence-electron chi connectivity index (χ4n) is 2.79. The molecule has 2 aliphatic rings. The highest BCUT2D eigenvalue weighted by atomic mass is 16.5. The Kier molecular flexibility index (Phi) is 3.10. The summed E-state index contributed by atoms with van der Waals surface area (Å²) in [7, 11) is 0. The van der Waals surface area contributed by atoms with E-state index in [2.05, 4.69) is 12.1 Å². The summed E-state index contributed by atoms with van der Waals surface area (Å²) < 4.78 is 5.27. The number of hydrogen-bond acceptors (Lipinski definition) is 3. The highest BCUT2D eigenvalue weighted by Gasteiger charge is 2.32. The van der Waals surface area contributed by atoms with Gasteiger partial charge in [-0.15, -0.1) is 0 Å². The Morgan fingerprint density at radius 3 is 3.00 bits per heavy atom. The number of likely N-dealkylation sites (tertiary alicyclic amines) is 1. The van der Waals surface area contributed by atoms with Gasteiger partial charge in [-0.25, -0.2) is 0 Å². The zero-order chi connectivity index (χ0) is 12.5. The Bertz CT molecular complexity index is 437. The van der Waals surface area contributed by atoms with Gasteiger partial charge in [0.05, 0.1) is 0 Å². The molecule has 4 heteroatoms. The summed E-state index contributed by atoms with van der Waals surface area (Å²) in [4.78, 5) is 14.4. The number of carbonyl (C=O) groups is 1. The van der Waals surface area contributed by atoms with Crippen LogP contribution in [0.4, 0.5) is 0 Å². The molecular formula is C14H20N2O2. The van der Waals surface area contributed by atoms with E-state index in [9.17, 15) is 4.79 Å². The highest BCUT2D eigenvalue weighted by Crippen LogP contribution is 2.40. The molecule has 1 aromatic rings. The normalized spacial score (nSPS) is 24.3. The molecule has 0 bridgehead atoms. The minimum absolute atomic E-state index is 0.0530. The largest absolute Gasteiger partial charge is 0.360 e. The van der Waals surface area contributed by atoms with Gasteiger partial charge in [0.1, 0.15) is 5.76 Å². The van der Waals surface area contributed by atoms with Crippen LogP contribution in [0.15, 0.2) is 10.6 Å². The van der Waals surface area contributed by atoms with E-state index in [1.165, 1.54) is 19.3 Å². The van der Waals surface area contributed by atoms with Crippen LogP contribution in [0.5, 0.6) is 0 Å². The van der Waals surface area contributed by atoms with Gasteiger partial charge in [0.2, 0.25) is 0 Å². The molecule has 18 heavy (non-hydrogen) atoms. The lowest BCUT2D eigenvalue weighted by Gasteiger charge is -2.34. The number of hydrogen-bond donors (Lipinski definition) is 0. The minimum atomic E-state index is 0.0530. The summed E-state index contributed by atoms with van der Waals surface area (Å²) in [5, 5.41) is 3.96. The lowest BCUT2D eigenvalue weighted by molar-refractivity contribution is 0.0597. The predicted molar refractivity (Wildman–Crippen MR) is 67.4 cm³/mol. The Balaban J connectivity index is 1.74. The van der Waals surface area contributed by atoms with Crippen molar-refractivity contribution in [1.29, 1.82) is 0 Å². The van der Waals surface area contributed by atoms with Crippen molar-refractivity contribution in [2.24, 2.45) is 0 Å². The fraction of sp³-hybridized carbons (Fsp3) is 0.714. The van der Waals surface area contributed by atoms with Crippen LogP contribution in [-0.2, 0) is 0 Å². The molecule has 1 aliphatic carbocycles. The van der Waals surface area contributed by atoms with Crippen molar-refractivity contribution < 1.29 is 9.32 Å². The van der Waals surface area contributed by atoms with Crippen molar-refractivity contribution in [3.05, 3.63) is 17.5 Å². The Morgan fingerprint density at radius 2 is 2.28 bits per heavy atom. The van der Waals surface area contributed by atoms with Gasteiger partial charge in [-0.2, -0.15) is 0 Å². The van der Waals surface area contributed by atoms with Crippen LogP contribution >= 0.6 is 0 Å². The number of nitrogens with zero attached hydrogens (tertiary/aromatic N) is 2. The Morgan fingerprint density at radius 1 is 1.44 bits per heavy atom. The molecule has 1 saturated carbocycles. The van der Waals surface area contributed by atoms with E-state index in [0.29, 0.717) is 17.7 Å². The predicted octanol–water partition coefficient (Wildman–Crippen LogP) is 2.96. The molecule has 0 N–H and O–H groups in total. The fourth-order valence-corrected chi connectivity index (χ4v) is 2.79. The molecule has 1 saturated heterocycles. The number of aromatic nitrogens is 1. The molecule has 1 atom stereocenters. The van der Waals surface area contributed by atoms with Crippen LogP contribution in [0.3, 0.4) is 0 Å². The molecule has 1 amide bonds. The maximum atomic E-state index is 12.4. The van der Waals surface area contributed by atoms with Crippen LogP contribution in [-0.4, -0.2) is 28.6 Å². The van der Waals surface area contributed by atoms with Crippen molar-refractivity contribution in [2.75, 3.05) is 6.54 Å². The second kappa shape index (κ2) is 4.75. The molecule has 1 aliphatic heterocycles. The topological polar surface area (TPSA) is 46.3 Å². The maximum absolute atomic E-state index is 12.4. The van der Waals surface area contributed by atoms with Gasteiger partial charge in [0.25, 0.3) is 5.91 Å². The van der Waals surface area contributed by atoms with Crippen molar-refractivity contribution in [3.63, 3.8) is 0 Å². The molecule has 0 radical (unpaired) electrons. The molecule has 0 aromatic carbocycles. The van der Waals surface area contributed by atoms with E-state index in [0.717, 1.165) is 31.6 Å². The van der Waals surface area contributed by atoms with E-state index < -0.39 is 0 Å². The second-order valence-electron chi connectivity index (χ2n) is 5.45. The van der Waals surface area contributed by atoms with Crippen LogP contribution in [0, 0.1) is 0 Å². The molecule has 1 unspecified atom stereocenters. The summed E-state index contributed by atoms with van der Waals surface area (Å²) >= 11 is 0. The molecule has 3 rings (SSSR count). The van der Waals surface area contributed by atoms with E-state index in [1.807, 2.05) is 11.0 Å². The van der Waals surface area contributed by atoms with Crippen molar-refractivity contribution >= 4 is 5.91 Å². The summed E-state index contributed by atoms with van der Waals surface area (Å²) in [6, 6.07) is 2.23. The lowest BCUT2D eigenvalue weighted by Crippen LogP contribution is -2.43. The third-order valence-corrected chi connectivity index (χ3v) is 4.09. The average molecular weight is 248 g/mol. The third kappa shape index (κ3) is 2.16. The number of carbonyl (C=O) groups excluding carboxylic acids is 1. The first-order valence-corrected chi connectivity index (χ1v) is 7.07. The van der Waals surface area contributed by atoms with Crippen LogP contribution in [0.2, 0.25) is 0 Å². The molecule has 2 fully saturated rings. The molecule has 0 spiro atoms. The van der Waals surface area contributed by atoms with Crippen LogP contribution in [0.25, 0.3) is 0 Å². The average Bonchev–Trinajstić information content (AvgIpc) is 3.16. The zero-order valence-corrected chi connectivity index (χ0v) is 10.9. The van der Waals surface area contributed by atoms with Crippen molar-refractivity contribution in [2.45, 2.75) is 57.4 Å². The van der Waals surface area contributed by atoms with Gasteiger partial charge in [-0.05, 0) is 38.5 Å². The van der Waals surface area contributed by atoms with E-state index in [4.69, 9.17) is 4.52 Å². The quantitative estimate of drug-likeness (QED) is 0.826. The van der Waals surface area contributed by atoms with Gasteiger partial charge in [-0.3, -0.25) is 4.79 Å². The van der Waals surface area contributed by atoms with E-state index in [-0.39, 0.29) is 5.91 Å². The summed E-state index contributed by atoms with van der Waals surface area (Å²) in [5.74, 6) is 1.46. The minimum Gasteiger partial charge on any atom is -0.360 e. The molecule has 1 aromatic heterocycles. The van der Waals surface area contributed by atoms with Crippen LogP contribution < -0.4 is 0 Å². The standard InChI is InChI=1S/C14H20N2O2/c1-2-11-5-3-4-8-16(11)14(17)12-9-13(18-15-12)10-6-7-10/h9-11H,2-8H2,1H3. The van der Waals surface area contributed by atoms with E-state index in [1.54, 1.807) is 0 Å². The molecular weight excluding hydrogens is 228 g/mol. The highest BCUT2D eigenvalue weighted by molar-refractivity contribution is 5.92. The van der Waals surface area contributed by atoms with Gasteiger partial charge < -0.3 is 9.42 Å². The van der Waals surface area contributed by atoms with Gasteiger partial charge >= 0.3 is 0 Å². The number of piperidine rings is 1. The maximum Gasteiger partial charge on any atom is 0.276 e. The summed E-state index contributed by atoms with van der Waals surface area (Å²) in [6.45, 7) is 3.01. The number of amides is 1. The lowest BCUT2D eigenvalue weighted by atomic mass is 9.99.